The fourth-order valence-corrected chi connectivity index (χ4v) is 6.68. The van der Waals surface area contributed by atoms with Crippen LogP contribution < -0.4 is 13.8 Å². The molecule has 0 bridgehead atoms. The molecular formula is C24H34N2O6S2. The molecule has 0 spiro atoms. The van der Waals surface area contributed by atoms with E-state index in [1.165, 1.54) is 28.8 Å². The Morgan fingerprint density at radius 3 is 2.35 bits per heavy atom. The molecule has 1 atom stereocenters. The maximum atomic E-state index is 13.8. The van der Waals surface area contributed by atoms with Crippen LogP contribution >= 0.6 is 0 Å². The van der Waals surface area contributed by atoms with E-state index in [1.54, 1.807) is 39.2 Å². The van der Waals surface area contributed by atoms with Crippen LogP contribution in [-0.4, -0.2) is 51.9 Å². The minimum atomic E-state index is -4.02. The van der Waals surface area contributed by atoms with Crippen LogP contribution in [0.1, 0.15) is 32.3 Å². The van der Waals surface area contributed by atoms with Crippen molar-refractivity contribution in [1.29, 1.82) is 4.78 Å². The van der Waals surface area contributed by atoms with Crippen molar-refractivity contribution in [3.63, 3.8) is 0 Å². The van der Waals surface area contributed by atoms with Gasteiger partial charge in [0.25, 0.3) is 10.0 Å². The normalized spacial score (nSPS) is 16.8. The third-order valence-electron chi connectivity index (χ3n) is 5.82. The molecule has 1 saturated heterocycles. The van der Waals surface area contributed by atoms with E-state index in [0.717, 1.165) is 18.4 Å². The average molecular weight is 511 g/mol. The molecule has 34 heavy (non-hydrogen) atoms. The molecule has 1 aliphatic rings. The van der Waals surface area contributed by atoms with Crippen molar-refractivity contribution in [2.24, 2.45) is 5.92 Å². The zero-order valence-corrected chi connectivity index (χ0v) is 22.0. The van der Waals surface area contributed by atoms with Gasteiger partial charge in [0.2, 0.25) is 0 Å². The Morgan fingerprint density at radius 1 is 1.12 bits per heavy atom. The number of hydrogen-bond acceptors (Lipinski definition) is 7. The molecule has 0 aliphatic carbocycles. The summed E-state index contributed by atoms with van der Waals surface area (Å²) in [6, 6.07) is 9.11. The van der Waals surface area contributed by atoms with Gasteiger partial charge in [-0.05, 0) is 81.5 Å². The topological polar surface area (TPSA) is 106 Å². The van der Waals surface area contributed by atoms with Gasteiger partial charge < -0.3 is 14.2 Å². The van der Waals surface area contributed by atoms with E-state index in [4.69, 9.17) is 19.0 Å². The van der Waals surface area contributed by atoms with Crippen LogP contribution in [0.3, 0.4) is 0 Å². The molecule has 0 radical (unpaired) electrons. The number of anilines is 1. The maximum Gasteiger partial charge on any atom is 0.264 e. The molecule has 10 heteroatoms. The molecule has 2 aromatic rings. The summed E-state index contributed by atoms with van der Waals surface area (Å²) in [5.74, 6) is 1.22. The van der Waals surface area contributed by atoms with Crippen LogP contribution in [0, 0.1) is 17.6 Å². The monoisotopic (exact) mass is 510 g/mol. The molecular weight excluding hydrogens is 476 g/mol. The zero-order chi connectivity index (χ0) is 25.1. The van der Waals surface area contributed by atoms with Crippen LogP contribution in [-0.2, 0) is 24.5 Å². The van der Waals surface area contributed by atoms with E-state index < -0.39 is 19.8 Å². The molecule has 3 rings (SSSR count). The van der Waals surface area contributed by atoms with E-state index in [-0.39, 0.29) is 21.6 Å². The molecule has 0 aromatic heterocycles. The minimum absolute atomic E-state index is 0.0355. The van der Waals surface area contributed by atoms with Crippen molar-refractivity contribution in [3.8, 4) is 11.5 Å². The summed E-state index contributed by atoms with van der Waals surface area (Å²) < 4.78 is 66.4. The molecule has 1 heterocycles. The van der Waals surface area contributed by atoms with Gasteiger partial charge in [-0.15, -0.1) is 0 Å². The smallest absolute Gasteiger partial charge is 0.264 e. The third kappa shape index (κ3) is 5.84. The molecule has 1 fully saturated rings. The third-order valence-corrected chi connectivity index (χ3v) is 8.96. The summed E-state index contributed by atoms with van der Waals surface area (Å²) in [5, 5.41) is 0. The van der Waals surface area contributed by atoms with Crippen LogP contribution in [0.25, 0.3) is 0 Å². The van der Waals surface area contributed by atoms with Gasteiger partial charge in [0.05, 0.1) is 38.9 Å². The van der Waals surface area contributed by atoms with E-state index in [0.29, 0.717) is 37.2 Å². The first-order valence-electron chi connectivity index (χ1n) is 11.2. The fourth-order valence-electron chi connectivity index (χ4n) is 3.99. The predicted octanol–water partition coefficient (Wildman–Crippen LogP) is 4.45. The van der Waals surface area contributed by atoms with Gasteiger partial charge >= 0.3 is 0 Å². The summed E-state index contributed by atoms with van der Waals surface area (Å²) in [6.45, 7) is 7.17. The Morgan fingerprint density at radius 2 is 1.79 bits per heavy atom. The van der Waals surface area contributed by atoms with Crippen LogP contribution in [0.15, 0.2) is 46.2 Å². The van der Waals surface area contributed by atoms with E-state index >= 15 is 0 Å². The van der Waals surface area contributed by atoms with E-state index in [2.05, 4.69) is 0 Å². The number of aryl methyl sites for hydroxylation is 1. The van der Waals surface area contributed by atoms with Crippen LogP contribution in [0.2, 0.25) is 0 Å². The van der Waals surface area contributed by atoms with Crippen LogP contribution in [0.4, 0.5) is 5.69 Å². The highest BCUT2D eigenvalue weighted by atomic mass is 32.2. The Labute approximate surface area is 203 Å². The molecule has 1 N–H and O–H groups in total. The first kappa shape index (κ1) is 26.3. The van der Waals surface area contributed by atoms with Crippen molar-refractivity contribution in [1.82, 2.24) is 0 Å². The Balaban J connectivity index is 2.00. The summed E-state index contributed by atoms with van der Waals surface area (Å²) in [6.07, 6.45) is 3.01. The van der Waals surface area contributed by atoms with Crippen molar-refractivity contribution in [2.45, 2.75) is 49.4 Å². The number of nitrogens with zero attached hydrogens (tertiary/aromatic N) is 1. The Bertz CT molecular complexity index is 1220. The second kappa shape index (κ2) is 10.5. The lowest BCUT2D eigenvalue weighted by atomic mass is 10.0. The number of sulfonamides is 1. The quantitative estimate of drug-likeness (QED) is 0.534. The second-order valence-electron chi connectivity index (χ2n) is 8.87. The first-order valence-corrected chi connectivity index (χ1v) is 14.6. The highest BCUT2D eigenvalue weighted by Gasteiger charge is 2.30. The van der Waals surface area contributed by atoms with Gasteiger partial charge in [0, 0.05) is 25.5 Å². The highest BCUT2D eigenvalue weighted by Crippen LogP contribution is 2.34. The summed E-state index contributed by atoms with van der Waals surface area (Å²) >= 11 is 0. The Hall–Kier alpha value is -2.30. The molecule has 2 aromatic carbocycles. The Kier molecular flexibility index (Phi) is 8.15. The van der Waals surface area contributed by atoms with Gasteiger partial charge in [0.1, 0.15) is 11.5 Å². The lowest BCUT2D eigenvalue weighted by Crippen LogP contribution is -2.37. The number of benzene rings is 2. The van der Waals surface area contributed by atoms with Gasteiger partial charge in [0.15, 0.2) is 0 Å². The molecule has 1 aliphatic heterocycles. The summed E-state index contributed by atoms with van der Waals surface area (Å²) in [7, 11) is -5.71. The highest BCUT2D eigenvalue weighted by molar-refractivity contribution is 7.93. The first-order chi connectivity index (χ1) is 15.9. The van der Waals surface area contributed by atoms with E-state index in [9.17, 15) is 12.6 Å². The average Bonchev–Trinajstić information content (AvgIpc) is 2.78. The van der Waals surface area contributed by atoms with Crippen molar-refractivity contribution in [2.75, 3.05) is 37.5 Å². The number of methoxy groups -OCH3 is 1. The largest absolute Gasteiger partial charge is 0.497 e. The summed E-state index contributed by atoms with van der Waals surface area (Å²) in [4.78, 5) is 0.0439. The second-order valence-corrected chi connectivity index (χ2v) is 12.8. The minimum Gasteiger partial charge on any atom is -0.497 e. The van der Waals surface area contributed by atoms with Gasteiger partial charge in [-0.2, -0.15) is 0 Å². The number of nitrogens with one attached hydrogen (secondary N) is 1. The predicted molar refractivity (Wildman–Crippen MR) is 133 cm³/mol. The number of hydrogen-bond donors (Lipinski definition) is 1. The summed E-state index contributed by atoms with van der Waals surface area (Å²) in [5.41, 5.74) is 1.27. The lowest BCUT2D eigenvalue weighted by molar-refractivity contribution is 0.0493. The maximum absolute atomic E-state index is 13.8. The van der Waals surface area contributed by atoms with Gasteiger partial charge in [-0.3, -0.25) is 4.31 Å². The standard InChI is InChI=1S/C24H34N2O6S2/c1-17(2)26(22-8-6-20(30-4)14-18(22)3)34(28,29)21-7-9-23(24(15-21)33(5,25)27)32-16-19-10-12-31-13-11-19/h6-9,14-15,17,19,25H,10-13,16H2,1-5H3. The number of ether oxygens (including phenoxy) is 3. The van der Waals surface area contributed by atoms with Crippen molar-refractivity contribution < 1.29 is 26.8 Å². The zero-order valence-electron chi connectivity index (χ0n) is 20.4. The molecule has 0 saturated carbocycles. The van der Waals surface area contributed by atoms with Crippen molar-refractivity contribution in [3.05, 3.63) is 42.0 Å². The van der Waals surface area contributed by atoms with Gasteiger partial charge in [-0.1, -0.05) is 0 Å². The molecule has 8 nitrogen and oxygen atoms in total. The van der Waals surface area contributed by atoms with E-state index in [1.807, 2.05) is 6.92 Å². The van der Waals surface area contributed by atoms with Crippen LogP contribution in [0.5, 0.6) is 11.5 Å². The van der Waals surface area contributed by atoms with Gasteiger partial charge in [-0.25, -0.2) is 17.4 Å². The molecule has 188 valence electrons. The number of rotatable bonds is 9. The SMILES string of the molecule is COc1ccc(N(C(C)C)S(=O)(=O)c2ccc(OCC3CCOCC3)c(S(C)(=N)=O)c2)c(C)c1. The molecule has 0 amide bonds. The lowest BCUT2D eigenvalue weighted by Gasteiger charge is -2.30. The van der Waals surface area contributed by atoms with Crippen molar-refractivity contribution >= 4 is 25.4 Å². The molecule has 1 unspecified atom stereocenters. The fraction of sp³-hybridized carbons (Fsp3) is 0.500.